The molecule has 0 atom stereocenters. The van der Waals surface area contributed by atoms with Crippen molar-refractivity contribution in [2.24, 2.45) is 0 Å². The van der Waals surface area contributed by atoms with E-state index in [4.69, 9.17) is 23.2 Å². The Balaban J connectivity index is 2.16. The number of nitro benzene ring substituents is 1. The highest BCUT2D eigenvalue weighted by Gasteiger charge is 2.18. The van der Waals surface area contributed by atoms with Gasteiger partial charge in [-0.3, -0.25) is 24.7 Å². The summed E-state index contributed by atoms with van der Waals surface area (Å²) in [5, 5.41) is 14.3. The lowest BCUT2D eigenvalue weighted by molar-refractivity contribution is -0.384. The number of benzene rings is 2. The third kappa shape index (κ3) is 2.47. The number of nitrogens with zero attached hydrogens (tertiary/aromatic N) is 2. The van der Waals surface area contributed by atoms with Gasteiger partial charge in [0.15, 0.2) is 0 Å². The van der Waals surface area contributed by atoms with Crippen LogP contribution in [0, 0.1) is 10.1 Å². The summed E-state index contributed by atoms with van der Waals surface area (Å²) in [7, 11) is 0. The minimum absolute atomic E-state index is 0.0237. The van der Waals surface area contributed by atoms with Gasteiger partial charge in [-0.05, 0) is 17.7 Å². The second kappa shape index (κ2) is 5.47. The van der Waals surface area contributed by atoms with Crippen LogP contribution in [-0.2, 0) is 6.54 Å². The summed E-state index contributed by atoms with van der Waals surface area (Å²) in [6.07, 6.45) is 0. The molecular weight excluding hydrogens is 329 g/mol. The number of fused-ring (bicyclic) bond motifs is 1. The zero-order chi connectivity index (χ0) is 15.9. The van der Waals surface area contributed by atoms with Gasteiger partial charge in [0.25, 0.3) is 11.2 Å². The van der Waals surface area contributed by atoms with Gasteiger partial charge in [-0.1, -0.05) is 41.4 Å². The summed E-state index contributed by atoms with van der Waals surface area (Å²) < 4.78 is 1.56. The summed E-state index contributed by atoms with van der Waals surface area (Å²) >= 11 is 12.0. The molecule has 0 amide bonds. The van der Waals surface area contributed by atoms with Gasteiger partial charge in [-0.2, -0.15) is 0 Å². The van der Waals surface area contributed by atoms with Gasteiger partial charge in [-0.25, -0.2) is 0 Å². The van der Waals surface area contributed by atoms with Gasteiger partial charge in [-0.15, -0.1) is 0 Å². The summed E-state index contributed by atoms with van der Waals surface area (Å²) in [6.45, 7) is 0.326. The fourth-order valence-corrected chi connectivity index (χ4v) is 2.68. The van der Waals surface area contributed by atoms with E-state index in [-0.39, 0.29) is 16.1 Å². The molecule has 1 N–H and O–H groups in total. The number of hydrogen-bond donors (Lipinski definition) is 1. The Kier molecular flexibility index (Phi) is 3.64. The SMILES string of the molecule is O=c1[nH]n(Cc2ccccc2Cl)c2cc(Cl)c([N+](=O)[O-])cc12. The number of nitro groups is 1. The average Bonchev–Trinajstić information content (AvgIpc) is 2.76. The Morgan fingerprint density at radius 2 is 1.91 bits per heavy atom. The van der Waals surface area contributed by atoms with Gasteiger partial charge >= 0.3 is 0 Å². The third-order valence-electron chi connectivity index (χ3n) is 3.32. The number of aromatic amines is 1. The van der Waals surface area contributed by atoms with Crippen LogP contribution in [0.5, 0.6) is 0 Å². The van der Waals surface area contributed by atoms with E-state index in [1.165, 1.54) is 12.1 Å². The summed E-state index contributed by atoms with van der Waals surface area (Å²) in [5.41, 5.74) is 0.587. The molecule has 0 aliphatic rings. The Morgan fingerprint density at radius 3 is 2.59 bits per heavy atom. The molecule has 0 aliphatic carbocycles. The lowest BCUT2D eigenvalue weighted by Gasteiger charge is -2.07. The molecule has 0 radical (unpaired) electrons. The number of halogens is 2. The Labute approximate surface area is 134 Å². The highest BCUT2D eigenvalue weighted by atomic mass is 35.5. The molecule has 3 aromatic rings. The average molecular weight is 338 g/mol. The maximum Gasteiger partial charge on any atom is 0.288 e. The molecule has 2 aromatic carbocycles. The Bertz CT molecular complexity index is 946. The van der Waals surface area contributed by atoms with E-state index in [1.807, 2.05) is 18.2 Å². The number of H-pyrrole nitrogens is 1. The molecule has 0 unspecified atom stereocenters. The van der Waals surface area contributed by atoms with Crippen LogP contribution in [0.15, 0.2) is 41.2 Å². The molecule has 0 aliphatic heterocycles. The number of rotatable bonds is 3. The zero-order valence-corrected chi connectivity index (χ0v) is 12.6. The largest absolute Gasteiger partial charge is 0.288 e. The van der Waals surface area contributed by atoms with Crippen molar-refractivity contribution in [3.05, 3.63) is 72.5 Å². The molecule has 0 spiro atoms. The predicted octanol–water partition coefficient (Wildman–Crippen LogP) is 3.59. The molecule has 22 heavy (non-hydrogen) atoms. The lowest BCUT2D eigenvalue weighted by atomic mass is 10.2. The molecular formula is C14H9Cl2N3O3. The number of aromatic nitrogens is 2. The second-order valence-electron chi connectivity index (χ2n) is 4.70. The third-order valence-corrected chi connectivity index (χ3v) is 3.99. The Hall–Kier alpha value is -2.31. The van der Waals surface area contributed by atoms with Crippen molar-refractivity contribution >= 4 is 39.8 Å². The van der Waals surface area contributed by atoms with E-state index in [9.17, 15) is 14.9 Å². The molecule has 1 aromatic heterocycles. The minimum atomic E-state index is -0.618. The van der Waals surface area contributed by atoms with Crippen LogP contribution in [0.2, 0.25) is 10.0 Å². The number of nitrogens with one attached hydrogen (secondary N) is 1. The normalized spacial score (nSPS) is 11.0. The standard InChI is InChI=1S/C14H9Cl2N3O3/c15-10-4-2-1-3-8(10)7-18-12-6-11(16)13(19(21)22)5-9(12)14(20)17-18/h1-6H,7H2,(H,17,20). The molecule has 1 heterocycles. The quantitative estimate of drug-likeness (QED) is 0.585. The van der Waals surface area contributed by atoms with E-state index < -0.39 is 10.5 Å². The van der Waals surface area contributed by atoms with E-state index in [2.05, 4.69) is 5.10 Å². The molecule has 0 fully saturated rings. The van der Waals surface area contributed by atoms with Crippen molar-refractivity contribution in [3.8, 4) is 0 Å². The first-order chi connectivity index (χ1) is 10.5. The molecule has 6 nitrogen and oxygen atoms in total. The van der Waals surface area contributed by atoms with Crippen molar-refractivity contribution in [2.75, 3.05) is 0 Å². The van der Waals surface area contributed by atoms with Gasteiger partial charge in [0, 0.05) is 11.1 Å². The van der Waals surface area contributed by atoms with Crippen LogP contribution in [-0.4, -0.2) is 14.7 Å². The van der Waals surface area contributed by atoms with Crippen LogP contribution in [0.1, 0.15) is 5.56 Å². The van der Waals surface area contributed by atoms with E-state index in [0.717, 1.165) is 5.56 Å². The smallest absolute Gasteiger partial charge is 0.280 e. The van der Waals surface area contributed by atoms with Crippen molar-refractivity contribution in [1.29, 1.82) is 0 Å². The van der Waals surface area contributed by atoms with E-state index in [1.54, 1.807) is 10.7 Å². The molecule has 0 saturated heterocycles. The van der Waals surface area contributed by atoms with Gasteiger partial charge in [0.05, 0.1) is 22.4 Å². The fourth-order valence-electron chi connectivity index (χ4n) is 2.26. The maximum atomic E-state index is 12.0. The molecule has 8 heteroatoms. The van der Waals surface area contributed by atoms with E-state index >= 15 is 0 Å². The molecule has 0 bridgehead atoms. The first-order valence-corrected chi connectivity index (χ1v) is 7.03. The summed E-state index contributed by atoms with van der Waals surface area (Å²) in [4.78, 5) is 22.3. The topological polar surface area (TPSA) is 80.9 Å². The molecule has 0 saturated carbocycles. The Morgan fingerprint density at radius 1 is 1.18 bits per heavy atom. The highest BCUT2D eigenvalue weighted by Crippen LogP contribution is 2.29. The van der Waals surface area contributed by atoms with Crippen LogP contribution < -0.4 is 5.56 Å². The monoisotopic (exact) mass is 337 g/mol. The maximum absolute atomic E-state index is 12.0. The van der Waals surface area contributed by atoms with Gasteiger partial charge in [0.2, 0.25) is 0 Å². The minimum Gasteiger partial charge on any atom is -0.280 e. The first kappa shape index (κ1) is 14.6. The van der Waals surface area contributed by atoms with Crippen LogP contribution in [0.4, 0.5) is 5.69 Å². The number of hydrogen-bond acceptors (Lipinski definition) is 3. The van der Waals surface area contributed by atoms with Crippen LogP contribution >= 0.6 is 23.2 Å². The van der Waals surface area contributed by atoms with Crippen LogP contribution in [0.3, 0.4) is 0 Å². The first-order valence-electron chi connectivity index (χ1n) is 6.27. The fraction of sp³-hybridized carbons (Fsp3) is 0.0714. The van der Waals surface area contributed by atoms with E-state index in [0.29, 0.717) is 17.1 Å². The van der Waals surface area contributed by atoms with Gasteiger partial charge in [0.1, 0.15) is 5.02 Å². The van der Waals surface area contributed by atoms with Crippen molar-refractivity contribution in [3.63, 3.8) is 0 Å². The van der Waals surface area contributed by atoms with Gasteiger partial charge < -0.3 is 0 Å². The molecule has 3 rings (SSSR count). The molecule has 112 valence electrons. The zero-order valence-electron chi connectivity index (χ0n) is 11.0. The summed E-state index contributed by atoms with van der Waals surface area (Å²) in [5.74, 6) is 0. The van der Waals surface area contributed by atoms with Crippen molar-refractivity contribution < 1.29 is 4.92 Å². The summed E-state index contributed by atoms with van der Waals surface area (Å²) in [6, 6.07) is 9.81. The second-order valence-corrected chi connectivity index (χ2v) is 5.51. The lowest BCUT2D eigenvalue weighted by Crippen LogP contribution is -2.07. The highest BCUT2D eigenvalue weighted by molar-refractivity contribution is 6.33. The van der Waals surface area contributed by atoms with Crippen LogP contribution in [0.25, 0.3) is 10.9 Å². The van der Waals surface area contributed by atoms with Crippen molar-refractivity contribution in [2.45, 2.75) is 6.54 Å². The predicted molar refractivity (Wildman–Crippen MR) is 84.8 cm³/mol. The van der Waals surface area contributed by atoms with Crippen molar-refractivity contribution in [1.82, 2.24) is 9.78 Å².